The molecule has 0 aliphatic carbocycles. The van der Waals surface area contributed by atoms with Gasteiger partial charge in [-0.3, -0.25) is 4.79 Å². The summed E-state index contributed by atoms with van der Waals surface area (Å²) in [4.78, 5) is 12.4. The van der Waals surface area contributed by atoms with Crippen LogP contribution < -0.4 is 4.74 Å². The van der Waals surface area contributed by atoms with Crippen LogP contribution in [0.5, 0.6) is 5.75 Å². The van der Waals surface area contributed by atoms with E-state index in [1.165, 1.54) is 6.08 Å². The Labute approximate surface area is 183 Å². The number of halogens is 2. The van der Waals surface area contributed by atoms with Crippen LogP contribution in [0.3, 0.4) is 0 Å². The molecule has 0 saturated carbocycles. The van der Waals surface area contributed by atoms with Gasteiger partial charge in [0.05, 0.1) is 5.02 Å². The molecular formula is C24H17Cl2NO3. The minimum Gasteiger partial charge on any atom is -0.484 e. The summed E-state index contributed by atoms with van der Waals surface area (Å²) in [5.41, 5.74) is 1.60. The molecule has 0 unspecified atom stereocenters. The Morgan fingerprint density at radius 3 is 2.53 bits per heavy atom. The largest absolute Gasteiger partial charge is 0.484 e. The summed E-state index contributed by atoms with van der Waals surface area (Å²) in [6.45, 7) is 0.197. The Kier molecular flexibility index (Phi) is 6.07. The molecule has 4 nitrogen and oxygen atoms in total. The van der Waals surface area contributed by atoms with Gasteiger partial charge in [-0.25, -0.2) is 0 Å². The number of ketones is 1. The highest BCUT2D eigenvalue weighted by atomic mass is 35.5. The Balaban J connectivity index is 1.37. The quantitative estimate of drug-likeness (QED) is 0.234. The molecule has 0 saturated heterocycles. The first-order valence-corrected chi connectivity index (χ1v) is 9.96. The lowest BCUT2D eigenvalue weighted by Crippen LogP contribution is -1.96. The number of benzene rings is 2. The maximum absolute atomic E-state index is 12.4. The number of nitrogens with zero attached hydrogens (tertiary/aromatic N) is 1. The zero-order chi connectivity index (χ0) is 20.9. The maximum Gasteiger partial charge on any atom is 0.185 e. The molecule has 0 bridgehead atoms. The van der Waals surface area contributed by atoms with Crippen molar-refractivity contribution < 1.29 is 13.9 Å². The van der Waals surface area contributed by atoms with Crippen molar-refractivity contribution in [3.05, 3.63) is 112 Å². The highest BCUT2D eigenvalue weighted by molar-refractivity contribution is 6.34. The van der Waals surface area contributed by atoms with Gasteiger partial charge in [-0.2, -0.15) is 0 Å². The van der Waals surface area contributed by atoms with Gasteiger partial charge in [-0.1, -0.05) is 23.2 Å². The predicted molar refractivity (Wildman–Crippen MR) is 119 cm³/mol. The molecule has 2 heterocycles. The van der Waals surface area contributed by atoms with Crippen LogP contribution in [0.25, 0.3) is 11.8 Å². The van der Waals surface area contributed by atoms with Crippen LogP contribution in [0, 0.1) is 0 Å². The van der Waals surface area contributed by atoms with Crippen molar-refractivity contribution >= 4 is 35.1 Å². The average molecular weight is 438 g/mol. The van der Waals surface area contributed by atoms with Crippen LogP contribution in [0.2, 0.25) is 10.0 Å². The Morgan fingerprint density at radius 1 is 1.00 bits per heavy atom. The predicted octanol–water partition coefficient (Wildman–Crippen LogP) is 6.85. The fourth-order valence-electron chi connectivity index (χ4n) is 2.86. The lowest BCUT2D eigenvalue weighted by Gasteiger charge is -2.06. The van der Waals surface area contributed by atoms with E-state index >= 15 is 0 Å². The van der Waals surface area contributed by atoms with Crippen LogP contribution in [0.4, 0.5) is 0 Å². The van der Waals surface area contributed by atoms with Gasteiger partial charge in [0.1, 0.15) is 23.9 Å². The van der Waals surface area contributed by atoms with Gasteiger partial charge < -0.3 is 13.7 Å². The van der Waals surface area contributed by atoms with Gasteiger partial charge in [0, 0.05) is 34.7 Å². The van der Waals surface area contributed by atoms with E-state index in [0.717, 1.165) is 5.69 Å². The molecule has 0 amide bonds. The third-order valence-electron chi connectivity index (χ3n) is 4.40. The number of hydrogen-bond donors (Lipinski definition) is 0. The minimum atomic E-state index is -0.103. The molecule has 0 aliphatic rings. The third-order valence-corrected chi connectivity index (χ3v) is 4.95. The molecule has 0 atom stereocenters. The fraction of sp³-hybridized carbons (Fsp3) is 0.0417. The normalized spacial score (nSPS) is 11.1. The molecule has 0 radical (unpaired) electrons. The molecule has 0 aliphatic heterocycles. The average Bonchev–Trinajstić information content (AvgIpc) is 3.45. The van der Waals surface area contributed by atoms with E-state index in [0.29, 0.717) is 32.9 Å². The second-order valence-electron chi connectivity index (χ2n) is 6.50. The van der Waals surface area contributed by atoms with E-state index in [9.17, 15) is 4.79 Å². The second kappa shape index (κ2) is 9.08. The van der Waals surface area contributed by atoms with Crippen LogP contribution in [0.1, 0.15) is 21.9 Å². The smallest absolute Gasteiger partial charge is 0.185 e. The van der Waals surface area contributed by atoms with Crippen LogP contribution in [-0.4, -0.2) is 10.4 Å². The van der Waals surface area contributed by atoms with Gasteiger partial charge in [-0.15, -0.1) is 0 Å². The van der Waals surface area contributed by atoms with E-state index in [2.05, 4.69) is 0 Å². The standard InChI is InChI=1S/C24H17Cl2NO3/c25-18-5-11-22(26)24(15-18)29-16-21-9-8-20(30-21)10-12-23(28)17-3-6-19(7-4-17)27-13-1-2-14-27/h1-15H,16H2/b12-10+. The van der Waals surface area contributed by atoms with Gasteiger partial charge in [0.2, 0.25) is 0 Å². The van der Waals surface area contributed by atoms with Crippen molar-refractivity contribution in [2.24, 2.45) is 0 Å². The highest BCUT2D eigenvalue weighted by Gasteiger charge is 2.07. The van der Waals surface area contributed by atoms with E-state index in [1.807, 2.05) is 41.2 Å². The maximum atomic E-state index is 12.4. The van der Waals surface area contributed by atoms with E-state index in [1.54, 1.807) is 48.5 Å². The van der Waals surface area contributed by atoms with Gasteiger partial charge in [0.25, 0.3) is 0 Å². The van der Waals surface area contributed by atoms with E-state index in [-0.39, 0.29) is 12.4 Å². The summed E-state index contributed by atoms with van der Waals surface area (Å²) in [5, 5.41) is 1.01. The van der Waals surface area contributed by atoms with Crippen molar-refractivity contribution in [2.45, 2.75) is 6.61 Å². The summed E-state index contributed by atoms with van der Waals surface area (Å²) in [5.74, 6) is 1.54. The zero-order valence-corrected chi connectivity index (χ0v) is 17.3. The van der Waals surface area contributed by atoms with Gasteiger partial charge in [0.15, 0.2) is 5.78 Å². The number of ether oxygens (including phenoxy) is 1. The van der Waals surface area contributed by atoms with Crippen molar-refractivity contribution in [3.8, 4) is 11.4 Å². The molecule has 6 heteroatoms. The summed E-state index contributed by atoms with van der Waals surface area (Å²) in [6.07, 6.45) is 7.03. The molecule has 4 rings (SSSR count). The van der Waals surface area contributed by atoms with Crippen molar-refractivity contribution in [1.82, 2.24) is 4.57 Å². The van der Waals surface area contributed by atoms with Crippen molar-refractivity contribution in [2.75, 3.05) is 0 Å². The summed E-state index contributed by atoms with van der Waals surface area (Å²) < 4.78 is 13.3. The first kappa shape index (κ1) is 20.1. The van der Waals surface area contributed by atoms with E-state index < -0.39 is 0 Å². The topological polar surface area (TPSA) is 44.4 Å². The SMILES string of the molecule is O=C(/C=C/c1ccc(COc2cc(Cl)ccc2Cl)o1)c1ccc(-n2cccc2)cc1. The Morgan fingerprint density at radius 2 is 1.77 bits per heavy atom. The molecular weight excluding hydrogens is 421 g/mol. The lowest BCUT2D eigenvalue weighted by atomic mass is 10.1. The Hall–Kier alpha value is -3.21. The third kappa shape index (κ3) is 4.85. The van der Waals surface area contributed by atoms with Gasteiger partial charge >= 0.3 is 0 Å². The van der Waals surface area contributed by atoms with E-state index in [4.69, 9.17) is 32.4 Å². The number of aromatic nitrogens is 1. The summed E-state index contributed by atoms with van der Waals surface area (Å²) >= 11 is 12.0. The first-order chi connectivity index (χ1) is 14.6. The van der Waals surface area contributed by atoms with Crippen molar-refractivity contribution in [1.29, 1.82) is 0 Å². The number of allylic oxidation sites excluding steroid dienone is 1. The highest BCUT2D eigenvalue weighted by Crippen LogP contribution is 2.28. The molecule has 2 aromatic heterocycles. The monoisotopic (exact) mass is 437 g/mol. The summed E-state index contributed by atoms with van der Waals surface area (Å²) in [6, 6.07) is 19.9. The van der Waals surface area contributed by atoms with Gasteiger partial charge in [-0.05, 0) is 72.8 Å². The zero-order valence-electron chi connectivity index (χ0n) is 15.8. The number of carbonyl (C=O) groups excluding carboxylic acids is 1. The van der Waals surface area contributed by atoms with Crippen molar-refractivity contribution in [3.63, 3.8) is 0 Å². The van der Waals surface area contributed by atoms with Crippen LogP contribution in [-0.2, 0) is 6.61 Å². The Bertz CT molecular complexity index is 1180. The minimum absolute atomic E-state index is 0.103. The number of rotatable bonds is 7. The second-order valence-corrected chi connectivity index (χ2v) is 7.35. The number of hydrogen-bond acceptors (Lipinski definition) is 3. The molecule has 30 heavy (non-hydrogen) atoms. The fourth-order valence-corrected chi connectivity index (χ4v) is 3.19. The molecule has 0 fully saturated rings. The van der Waals surface area contributed by atoms with Crippen LogP contribution in [0.15, 0.2) is 89.6 Å². The molecule has 0 N–H and O–H groups in total. The molecule has 4 aromatic rings. The molecule has 150 valence electrons. The first-order valence-electron chi connectivity index (χ1n) is 9.21. The number of furan rings is 1. The summed E-state index contributed by atoms with van der Waals surface area (Å²) in [7, 11) is 0. The molecule has 0 spiro atoms. The lowest BCUT2D eigenvalue weighted by molar-refractivity contribution is 0.104. The number of carbonyl (C=O) groups is 1. The molecule has 2 aromatic carbocycles. The van der Waals surface area contributed by atoms with Crippen LogP contribution >= 0.6 is 23.2 Å².